The maximum atomic E-state index is 12.4. The van der Waals surface area contributed by atoms with Gasteiger partial charge in [0.2, 0.25) is 0 Å². The summed E-state index contributed by atoms with van der Waals surface area (Å²) in [7, 11) is 1.82. The fourth-order valence-electron chi connectivity index (χ4n) is 2.20. The maximum absolute atomic E-state index is 12.4. The summed E-state index contributed by atoms with van der Waals surface area (Å²) in [5.74, 6) is 0.0341. The molecule has 0 bridgehead atoms. The molecule has 2 aromatic carbocycles. The van der Waals surface area contributed by atoms with Crippen molar-refractivity contribution in [3.05, 3.63) is 70.8 Å². The first kappa shape index (κ1) is 14.3. The van der Waals surface area contributed by atoms with E-state index in [0.29, 0.717) is 13.1 Å². The Morgan fingerprint density at radius 2 is 1.80 bits per heavy atom. The van der Waals surface area contributed by atoms with Crippen LogP contribution in [-0.4, -0.2) is 17.9 Å². The highest BCUT2D eigenvalue weighted by Gasteiger charge is 2.12. The van der Waals surface area contributed by atoms with Crippen LogP contribution in [0.25, 0.3) is 0 Å². The van der Waals surface area contributed by atoms with Crippen LogP contribution in [0.1, 0.15) is 27.0 Å². The number of rotatable bonds is 4. The number of nitrogens with zero attached hydrogens (tertiary/aromatic N) is 1. The van der Waals surface area contributed by atoms with Gasteiger partial charge in [-0.1, -0.05) is 42.0 Å². The van der Waals surface area contributed by atoms with Crippen molar-refractivity contribution in [2.24, 2.45) is 5.73 Å². The Bertz CT molecular complexity index is 607. The van der Waals surface area contributed by atoms with Crippen molar-refractivity contribution in [2.45, 2.75) is 20.0 Å². The average Bonchev–Trinajstić information content (AvgIpc) is 2.46. The van der Waals surface area contributed by atoms with Gasteiger partial charge in [0.15, 0.2) is 0 Å². The van der Waals surface area contributed by atoms with Gasteiger partial charge in [-0.25, -0.2) is 0 Å². The van der Waals surface area contributed by atoms with Crippen LogP contribution in [0.4, 0.5) is 0 Å². The Hall–Kier alpha value is -2.13. The van der Waals surface area contributed by atoms with Crippen molar-refractivity contribution in [3.8, 4) is 0 Å². The van der Waals surface area contributed by atoms with Gasteiger partial charge >= 0.3 is 0 Å². The van der Waals surface area contributed by atoms with Crippen LogP contribution >= 0.6 is 0 Å². The van der Waals surface area contributed by atoms with E-state index in [1.807, 2.05) is 62.5 Å². The quantitative estimate of drug-likeness (QED) is 0.926. The maximum Gasteiger partial charge on any atom is 0.253 e. The number of hydrogen-bond acceptors (Lipinski definition) is 2. The van der Waals surface area contributed by atoms with Crippen LogP contribution in [0.5, 0.6) is 0 Å². The number of benzene rings is 2. The number of carbonyl (C=O) groups excluding carboxylic acids is 1. The summed E-state index contributed by atoms with van der Waals surface area (Å²) in [4.78, 5) is 14.1. The number of carbonyl (C=O) groups is 1. The highest BCUT2D eigenvalue weighted by Crippen LogP contribution is 2.11. The molecule has 20 heavy (non-hydrogen) atoms. The molecule has 0 atom stereocenters. The average molecular weight is 268 g/mol. The first-order chi connectivity index (χ1) is 9.60. The summed E-state index contributed by atoms with van der Waals surface area (Å²) >= 11 is 0. The topological polar surface area (TPSA) is 46.3 Å². The van der Waals surface area contributed by atoms with Gasteiger partial charge in [-0.05, 0) is 30.2 Å². The zero-order valence-electron chi connectivity index (χ0n) is 12.0. The summed E-state index contributed by atoms with van der Waals surface area (Å²) in [5, 5.41) is 0. The molecule has 0 aliphatic carbocycles. The zero-order chi connectivity index (χ0) is 14.5. The van der Waals surface area contributed by atoms with E-state index in [1.54, 1.807) is 4.90 Å². The third-order valence-corrected chi connectivity index (χ3v) is 3.26. The summed E-state index contributed by atoms with van der Waals surface area (Å²) in [6, 6.07) is 15.7. The highest BCUT2D eigenvalue weighted by atomic mass is 16.2. The second-order valence-corrected chi connectivity index (χ2v) is 5.05. The second-order valence-electron chi connectivity index (χ2n) is 5.05. The molecule has 0 fully saturated rings. The van der Waals surface area contributed by atoms with Gasteiger partial charge in [0, 0.05) is 25.7 Å². The monoisotopic (exact) mass is 268 g/mol. The van der Waals surface area contributed by atoms with Gasteiger partial charge in [-0.15, -0.1) is 0 Å². The molecule has 0 unspecified atom stereocenters. The van der Waals surface area contributed by atoms with Gasteiger partial charge in [-0.3, -0.25) is 4.79 Å². The molecule has 3 nitrogen and oxygen atoms in total. The number of amides is 1. The van der Waals surface area contributed by atoms with Crippen LogP contribution in [-0.2, 0) is 13.1 Å². The minimum Gasteiger partial charge on any atom is -0.337 e. The van der Waals surface area contributed by atoms with Crippen molar-refractivity contribution in [1.29, 1.82) is 0 Å². The number of hydrogen-bond donors (Lipinski definition) is 1. The third-order valence-electron chi connectivity index (χ3n) is 3.26. The second kappa shape index (κ2) is 6.35. The molecule has 0 spiro atoms. The van der Waals surface area contributed by atoms with Gasteiger partial charge < -0.3 is 10.6 Å². The molecule has 0 aliphatic rings. The third kappa shape index (κ3) is 3.45. The van der Waals surface area contributed by atoms with Crippen LogP contribution in [0.3, 0.4) is 0 Å². The molecule has 0 aliphatic heterocycles. The Labute approximate surface area is 120 Å². The fourth-order valence-corrected chi connectivity index (χ4v) is 2.20. The Morgan fingerprint density at radius 3 is 2.50 bits per heavy atom. The van der Waals surface area contributed by atoms with E-state index >= 15 is 0 Å². The molecule has 1 amide bonds. The molecule has 104 valence electrons. The molecule has 3 heteroatoms. The van der Waals surface area contributed by atoms with Crippen molar-refractivity contribution < 1.29 is 4.79 Å². The van der Waals surface area contributed by atoms with Gasteiger partial charge in [0.1, 0.15) is 0 Å². The summed E-state index contributed by atoms with van der Waals surface area (Å²) in [6.07, 6.45) is 0. The van der Waals surface area contributed by atoms with E-state index in [1.165, 1.54) is 0 Å². The first-order valence-corrected chi connectivity index (χ1v) is 6.70. The molecule has 0 radical (unpaired) electrons. The Kier molecular flexibility index (Phi) is 4.53. The smallest absolute Gasteiger partial charge is 0.253 e. The van der Waals surface area contributed by atoms with Crippen molar-refractivity contribution in [3.63, 3.8) is 0 Å². The molecule has 0 saturated carbocycles. The van der Waals surface area contributed by atoms with E-state index in [0.717, 1.165) is 22.3 Å². The lowest BCUT2D eigenvalue weighted by Crippen LogP contribution is -2.26. The SMILES string of the molecule is Cc1cccc(C(=O)N(C)Cc2cccc(CN)c2)c1. The molecule has 0 aromatic heterocycles. The normalized spacial score (nSPS) is 10.3. The van der Waals surface area contributed by atoms with Crippen LogP contribution in [0.2, 0.25) is 0 Å². The molecule has 2 rings (SSSR count). The van der Waals surface area contributed by atoms with E-state index < -0.39 is 0 Å². The Morgan fingerprint density at radius 1 is 1.10 bits per heavy atom. The summed E-state index contributed by atoms with van der Waals surface area (Å²) in [5.41, 5.74) is 9.63. The lowest BCUT2D eigenvalue weighted by atomic mass is 10.1. The van der Waals surface area contributed by atoms with E-state index in [9.17, 15) is 4.79 Å². The molecule has 0 heterocycles. The Balaban J connectivity index is 2.11. The number of aryl methyl sites for hydroxylation is 1. The predicted octanol–water partition coefficient (Wildman–Crippen LogP) is 2.73. The van der Waals surface area contributed by atoms with Crippen molar-refractivity contribution >= 4 is 5.91 Å². The highest BCUT2D eigenvalue weighted by molar-refractivity contribution is 5.94. The lowest BCUT2D eigenvalue weighted by Gasteiger charge is -2.18. The minimum absolute atomic E-state index is 0.0341. The van der Waals surface area contributed by atoms with Crippen LogP contribution in [0.15, 0.2) is 48.5 Å². The van der Waals surface area contributed by atoms with Crippen LogP contribution in [0, 0.1) is 6.92 Å². The van der Waals surface area contributed by atoms with E-state index in [2.05, 4.69) is 0 Å². The first-order valence-electron chi connectivity index (χ1n) is 6.70. The lowest BCUT2D eigenvalue weighted by molar-refractivity contribution is 0.0785. The van der Waals surface area contributed by atoms with Crippen molar-refractivity contribution in [1.82, 2.24) is 4.90 Å². The molecular formula is C17H20N2O. The summed E-state index contributed by atoms with van der Waals surface area (Å²) < 4.78 is 0. The molecule has 0 saturated heterocycles. The molecular weight excluding hydrogens is 248 g/mol. The fraction of sp³-hybridized carbons (Fsp3) is 0.235. The number of nitrogens with two attached hydrogens (primary N) is 1. The molecule has 2 N–H and O–H groups in total. The minimum atomic E-state index is 0.0341. The van der Waals surface area contributed by atoms with Gasteiger partial charge in [0.25, 0.3) is 5.91 Å². The van der Waals surface area contributed by atoms with Crippen LogP contribution < -0.4 is 5.73 Å². The molecule has 2 aromatic rings. The predicted molar refractivity (Wildman–Crippen MR) is 81.3 cm³/mol. The van der Waals surface area contributed by atoms with Gasteiger partial charge in [0.05, 0.1) is 0 Å². The van der Waals surface area contributed by atoms with Crippen molar-refractivity contribution in [2.75, 3.05) is 7.05 Å². The zero-order valence-corrected chi connectivity index (χ0v) is 12.0. The largest absolute Gasteiger partial charge is 0.337 e. The standard InChI is InChI=1S/C17H20N2O/c1-13-5-3-8-16(9-13)17(20)19(2)12-15-7-4-6-14(10-15)11-18/h3-10H,11-12,18H2,1-2H3. The van der Waals surface area contributed by atoms with E-state index in [-0.39, 0.29) is 5.91 Å². The van der Waals surface area contributed by atoms with Gasteiger partial charge in [-0.2, -0.15) is 0 Å². The summed E-state index contributed by atoms with van der Waals surface area (Å²) in [6.45, 7) is 3.09. The van der Waals surface area contributed by atoms with E-state index in [4.69, 9.17) is 5.73 Å².